The Morgan fingerprint density at radius 3 is 2.38 bits per heavy atom. The Morgan fingerprint density at radius 2 is 1.88 bits per heavy atom. The van der Waals surface area contributed by atoms with Crippen molar-refractivity contribution < 1.29 is 13.2 Å². The zero-order chi connectivity index (χ0) is 11.7. The van der Waals surface area contributed by atoms with E-state index in [-0.39, 0.29) is 15.8 Å². The Balaban J connectivity index is 2.34. The summed E-state index contributed by atoms with van der Waals surface area (Å²) in [5.74, 6) is -1.17. The number of anilines is 1. The largest absolute Gasteiger partial charge is 0.416 e. The van der Waals surface area contributed by atoms with Crippen molar-refractivity contribution in [3.63, 3.8) is 0 Å². The molecule has 0 saturated carbocycles. The van der Waals surface area contributed by atoms with Crippen LogP contribution < -0.4 is 5.73 Å². The molecule has 1 aromatic heterocycles. The second-order valence-corrected chi connectivity index (χ2v) is 3.96. The molecule has 2 aromatic rings. The molecule has 0 unspecified atom stereocenters. The van der Waals surface area contributed by atoms with Gasteiger partial charge < -0.3 is 10.2 Å². The lowest BCUT2D eigenvalue weighted by atomic mass is 10.3. The van der Waals surface area contributed by atoms with E-state index < -0.39 is 11.6 Å². The predicted octanol–water partition coefficient (Wildman–Crippen LogP) is 2.39. The number of benzene rings is 1. The summed E-state index contributed by atoms with van der Waals surface area (Å²) in [6.45, 7) is 1.59. The molecule has 4 nitrogen and oxygen atoms in total. The first-order valence-corrected chi connectivity index (χ1v) is 5.10. The van der Waals surface area contributed by atoms with Gasteiger partial charge in [0.2, 0.25) is 5.89 Å². The van der Waals surface area contributed by atoms with Gasteiger partial charge in [-0.15, -0.1) is 10.2 Å². The fraction of sp³-hybridized carbons (Fsp3) is 0.111. The van der Waals surface area contributed by atoms with E-state index in [9.17, 15) is 8.78 Å². The van der Waals surface area contributed by atoms with Crippen LogP contribution in [0.5, 0.6) is 0 Å². The maximum Gasteiger partial charge on any atom is 0.281 e. The Kier molecular flexibility index (Phi) is 2.78. The molecule has 1 heterocycles. The van der Waals surface area contributed by atoms with Gasteiger partial charge in [0.25, 0.3) is 5.22 Å². The summed E-state index contributed by atoms with van der Waals surface area (Å²) in [5, 5.41) is 7.26. The van der Waals surface area contributed by atoms with Crippen molar-refractivity contribution in [1.29, 1.82) is 0 Å². The standard InChI is InChI=1S/C9H7F2N3OS/c1-4-13-14-9(15-4)16-8-6(10)2-5(12)3-7(8)11/h2-3H,12H2,1H3. The highest BCUT2D eigenvalue weighted by Crippen LogP contribution is 2.32. The van der Waals surface area contributed by atoms with Crippen molar-refractivity contribution in [2.24, 2.45) is 0 Å². The lowest BCUT2D eigenvalue weighted by Gasteiger charge is -2.02. The molecule has 0 amide bonds. The number of nitrogens with zero attached hydrogens (tertiary/aromatic N) is 2. The highest BCUT2D eigenvalue weighted by Gasteiger charge is 2.15. The third-order valence-electron chi connectivity index (χ3n) is 1.72. The molecule has 84 valence electrons. The summed E-state index contributed by atoms with van der Waals surface area (Å²) in [7, 11) is 0. The molecule has 0 aliphatic carbocycles. The number of rotatable bonds is 2. The molecule has 0 saturated heterocycles. The molecular formula is C9H7F2N3OS. The van der Waals surface area contributed by atoms with Crippen molar-refractivity contribution in [3.05, 3.63) is 29.7 Å². The van der Waals surface area contributed by atoms with Crippen LogP contribution in [0.4, 0.5) is 14.5 Å². The quantitative estimate of drug-likeness (QED) is 0.820. The molecule has 0 bridgehead atoms. The van der Waals surface area contributed by atoms with E-state index in [1.165, 1.54) is 0 Å². The molecule has 0 radical (unpaired) electrons. The van der Waals surface area contributed by atoms with E-state index in [1.54, 1.807) is 6.92 Å². The summed E-state index contributed by atoms with van der Waals surface area (Å²) in [6.07, 6.45) is 0. The van der Waals surface area contributed by atoms with E-state index in [0.29, 0.717) is 5.89 Å². The van der Waals surface area contributed by atoms with Gasteiger partial charge in [-0.1, -0.05) is 0 Å². The number of aryl methyl sites for hydroxylation is 1. The van der Waals surface area contributed by atoms with E-state index in [4.69, 9.17) is 10.2 Å². The van der Waals surface area contributed by atoms with Crippen molar-refractivity contribution in [3.8, 4) is 0 Å². The smallest absolute Gasteiger partial charge is 0.281 e. The maximum atomic E-state index is 13.4. The van der Waals surface area contributed by atoms with Crippen LogP contribution in [0.1, 0.15) is 5.89 Å². The molecule has 0 spiro atoms. The monoisotopic (exact) mass is 243 g/mol. The van der Waals surface area contributed by atoms with E-state index >= 15 is 0 Å². The average molecular weight is 243 g/mol. The minimum atomic E-state index is -0.752. The van der Waals surface area contributed by atoms with Crippen LogP contribution in [0.15, 0.2) is 26.7 Å². The summed E-state index contributed by atoms with van der Waals surface area (Å²) in [6, 6.07) is 2.07. The highest BCUT2D eigenvalue weighted by molar-refractivity contribution is 7.99. The number of hydrogen-bond acceptors (Lipinski definition) is 5. The first-order chi connectivity index (χ1) is 7.56. The molecule has 0 aliphatic heterocycles. The van der Waals surface area contributed by atoms with Crippen LogP contribution in [-0.4, -0.2) is 10.2 Å². The number of hydrogen-bond donors (Lipinski definition) is 1. The normalized spacial score (nSPS) is 10.7. The number of nitrogens with two attached hydrogens (primary N) is 1. The SMILES string of the molecule is Cc1nnc(Sc2c(F)cc(N)cc2F)o1. The Labute approximate surface area is 93.8 Å². The van der Waals surface area contributed by atoms with Crippen LogP contribution in [0, 0.1) is 18.6 Å². The van der Waals surface area contributed by atoms with Crippen molar-refractivity contribution >= 4 is 17.4 Å². The molecule has 2 rings (SSSR count). The fourth-order valence-electron chi connectivity index (χ4n) is 1.08. The summed E-state index contributed by atoms with van der Waals surface area (Å²) < 4.78 is 31.7. The fourth-order valence-corrected chi connectivity index (χ4v) is 1.82. The van der Waals surface area contributed by atoms with Crippen LogP contribution in [-0.2, 0) is 0 Å². The summed E-state index contributed by atoms with van der Waals surface area (Å²) in [5.41, 5.74) is 5.31. The lowest BCUT2D eigenvalue weighted by molar-refractivity contribution is 0.428. The second kappa shape index (κ2) is 4.09. The van der Waals surface area contributed by atoms with Crippen molar-refractivity contribution in [2.45, 2.75) is 17.0 Å². The molecule has 0 fully saturated rings. The number of nitrogen functional groups attached to an aromatic ring is 1. The van der Waals surface area contributed by atoms with Gasteiger partial charge >= 0.3 is 0 Å². The van der Waals surface area contributed by atoms with Crippen molar-refractivity contribution in [2.75, 3.05) is 5.73 Å². The summed E-state index contributed by atoms with van der Waals surface area (Å²) >= 11 is 0.725. The van der Waals surface area contributed by atoms with Crippen molar-refractivity contribution in [1.82, 2.24) is 10.2 Å². The van der Waals surface area contributed by atoms with Gasteiger partial charge in [0, 0.05) is 12.6 Å². The molecular weight excluding hydrogens is 236 g/mol. The van der Waals surface area contributed by atoms with Gasteiger partial charge in [0.1, 0.15) is 11.6 Å². The van der Waals surface area contributed by atoms with Gasteiger partial charge in [-0.05, 0) is 23.9 Å². The van der Waals surface area contributed by atoms with Crippen LogP contribution >= 0.6 is 11.8 Å². The van der Waals surface area contributed by atoms with E-state index in [2.05, 4.69) is 10.2 Å². The predicted molar refractivity (Wildman–Crippen MR) is 53.9 cm³/mol. The number of aromatic nitrogens is 2. The van der Waals surface area contributed by atoms with Gasteiger partial charge in [-0.2, -0.15) is 0 Å². The Morgan fingerprint density at radius 1 is 1.25 bits per heavy atom. The van der Waals surface area contributed by atoms with Crippen LogP contribution in [0.25, 0.3) is 0 Å². The molecule has 16 heavy (non-hydrogen) atoms. The number of halogens is 2. The second-order valence-electron chi connectivity index (χ2n) is 3.00. The highest BCUT2D eigenvalue weighted by atomic mass is 32.2. The van der Waals surface area contributed by atoms with Crippen LogP contribution in [0.3, 0.4) is 0 Å². The molecule has 0 atom stereocenters. The lowest BCUT2D eigenvalue weighted by Crippen LogP contribution is -1.93. The van der Waals surface area contributed by atoms with E-state index in [0.717, 1.165) is 23.9 Å². The minimum absolute atomic E-state index is 0.0288. The molecule has 7 heteroatoms. The minimum Gasteiger partial charge on any atom is -0.416 e. The molecule has 1 aromatic carbocycles. The summed E-state index contributed by atoms with van der Waals surface area (Å²) in [4.78, 5) is -0.210. The first kappa shape index (κ1) is 10.9. The third-order valence-corrected chi connectivity index (χ3v) is 2.65. The van der Waals surface area contributed by atoms with Crippen LogP contribution in [0.2, 0.25) is 0 Å². The molecule has 0 aliphatic rings. The Hall–Kier alpha value is -1.63. The van der Waals surface area contributed by atoms with Gasteiger partial charge in [0.15, 0.2) is 0 Å². The zero-order valence-corrected chi connectivity index (χ0v) is 9.02. The van der Waals surface area contributed by atoms with Gasteiger partial charge in [0.05, 0.1) is 4.90 Å². The zero-order valence-electron chi connectivity index (χ0n) is 8.20. The molecule has 2 N–H and O–H groups in total. The topological polar surface area (TPSA) is 64.9 Å². The van der Waals surface area contributed by atoms with E-state index in [1.807, 2.05) is 0 Å². The average Bonchev–Trinajstić information content (AvgIpc) is 2.58. The Bertz CT molecular complexity index is 506. The van der Waals surface area contributed by atoms with Gasteiger partial charge in [-0.25, -0.2) is 8.78 Å². The maximum absolute atomic E-state index is 13.4. The third kappa shape index (κ3) is 2.13. The van der Waals surface area contributed by atoms with Gasteiger partial charge in [-0.3, -0.25) is 0 Å². The first-order valence-electron chi connectivity index (χ1n) is 4.29.